The summed E-state index contributed by atoms with van der Waals surface area (Å²) in [4.78, 5) is 10.2. The highest BCUT2D eigenvalue weighted by atomic mass is 35.5. The molecule has 0 atom stereocenters. The van der Waals surface area contributed by atoms with Crippen molar-refractivity contribution in [2.75, 3.05) is 12.3 Å². The third-order valence-electron chi connectivity index (χ3n) is 2.02. The fourth-order valence-electron chi connectivity index (χ4n) is 1.18. The fraction of sp³-hybridized carbons (Fsp3) is 0.364. The van der Waals surface area contributed by atoms with Crippen LogP contribution in [0.5, 0.6) is 5.75 Å². The number of anilines is 1. The summed E-state index contributed by atoms with van der Waals surface area (Å²) in [5.74, 6) is -0.132. The Morgan fingerprint density at radius 1 is 1.41 bits per heavy atom. The highest BCUT2D eigenvalue weighted by molar-refractivity contribution is 6.33. The van der Waals surface area contributed by atoms with E-state index in [4.69, 9.17) is 27.2 Å². The number of carbonyl (C=O) groups is 1. The normalized spacial score (nSPS) is 9.47. The molecule has 0 unspecified atom stereocenters. The average molecular weight is 280 g/mol. The van der Waals surface area contributed by atoms with Gasteiger partial charge in [-0.1, -0.05) is 11.6 Å². The van der Waals surface area contributed by atoms with E-state index in [2.05, 4.69) is 0 Å². The molecule has 0 bridgehead atoms. The Morgan fingerprint density at radius 2 is 2.12 bits per heavy atom. The molecular weight excluding hydrogens is 265 g/mol. The number of nitrogens with two attached hydrogens (primary N) is 1. The molecule has 1 rings (SSSR count). The molecule has 1 aromatic rings. The van der Waals surface area contributed by atoms with Crippen molar-refractivity contribution >= 4 is 35.7 Å². The SMILES string of the molecule is Cl.Nc1cc(OCCCCC(=O)O)ccc1Cl. The quantitative estimate of drug-likeness (QED) is 0.620. The number of hydrogen-bond donors (Lipinski definition) is 2. The Bertz CT molecular complexity index is 372. The Morgan fingerprint density at radius 3 is 2.71 bits per heavy atom. The van der Waals surface area contributed by atoms with Gasteiger partial charge in [0.25, 0.3) is 0 Å². The summed E-state index contributed by atoms with van der Waals surface area (Å²) >= 11 is 5.75. The summed E-state index contributed by atoms with van der Waals surface area (Å²) in [6.07, 6.45) is 1.49. The summed E-state index contributed by atoms with van der Waals surface area (Å²) in [5, 5.41) is 8.92. The molecule has 0 saturated carbocycles. The number of benzene rings is 1. The zero-order valence-electron chi connectivity index (χ0n) is 9.19. The number of carboxylic acid groups (broad SMARTS) is 1. The lowest BCUT2D eigenvalue weighted by atomic mass is 10.2. The van der Waals surface area contributed by atoms with Crippen LogP contribution >= 0.6 is 24.0 Å². The van der Waals surface area contributed by atoms with Crippen molar-refractivity contribution in [1.82, 2.24) is 0 Å². The predicted octanol–water partition coefficient (Wildman–Crippen LogP) is 2.98. The van der Waals surface area contributed by atoms with E-state index in [0.29, 0.717) is 35.9 Å². The molecule has 4 nitrogen and oxygen atoms in total. The second kappa shape index (κ2) is 8.03. The van der Waals surface area contributed by atoms with Crippen LogP contribution in [0.15, 0.2) is 18.2 Å². The molecule has 6 heteroatoms. The standard InChI is InChI=1S/C11H14ClNO3.ClH/c12-9-5-4-8(7-10(9)13)16-6-2-1-3-11(14)15;/h4-5,7H,1-3,6,13H2,(H,14,15);1H. The number of rotatable bonds is 6. The molecule has 1 aromatic carbocycles. The van der Waals surface area contributed by atoms with Crippen LogP contribution < -0.4 is 10.5 Å². The van der Waals surface area contributed by atoms with Gasteiger partial charge in [-0.05, 0) is 25.0 Å². The van der Waals surface area contributed by atoms with E-state index >= 15 is 0 Å². The maximum Gasteiger partial charge on any atom is 0.303 e. The summed E-state index contributed by atoms with van der Waals surface area (Å²) in [5.41, 5.74) is 6.08. The molecule has 0 spiro atoms. The Labute approximate surface area is 111 Å². The van der Waals surface area contributed by atoms with Crippen LogP contribution in [0.1, 0.15) is 19.3 Å². The van der Waals surface area contributed by atoms with Gasteiger partial charge in [-0.2, -0.15) is 0 Å². The summed E-state index contributed by atoms with van der Waals surface area (Å²) in [6.45, 7) is 0.481. The number of carboxylic acids is 1. The van der Waals surface area contributed by atoms with Crippen LogP contribution in [0.3, 0.4) is 0 Å². The van der Waals surface area contributed by atoms with E-state index in [1.165, 1.54) is 0 Å². The van der Waals surface area contributed by atoms with Crippen molar-refractivity contribution in [3.63, 3.8) is 0 Å². The number of halogens is 2. The highest BCUT2D eigenvalue weighted by Gasteiger charge is 2.00. The monoisotopic (exact) mass is 279 g/mol. The molecule has 96 valence electrons. The maximum atomic E-state index is 10.2. The number of aliphatic carboxylic acids is 1. The molecule has 0 radical (unpaired) electrons. The smallest absolute Gasteiger partial charge is 0.303 e. The lowest BCUT2D eigenvalue weighted by molar-refractivity contribution is -0.137. The van der Waals surface area contributed by atoms with Crippen LogP contribution in [0.4, 0.5) is 5.69 Å². The van der Waals surface area contributed by atoms with Crippen molar-refractivity contribution < 1.29 is 14.6 Å². The van der Waals surface area contributed by atoms with Crippen LogP contribution in [0.2, 0.25) is 5.02 Å². The highest BCUT2D eigenvalue weighted by Crippen LogP contribution is 2.23. The molecule has 0 aromatic heterocycles. The van der Waals surface area contributed by atoms with Crippen molar-refractivity contribution in [1.29, 1.82) is 0 Å². The predicted molar refractivity (Wildman–Crippen MR) is 70.1 cm³/mol. The molecule has 0 amide bonds. The van der Waals surface area contributed by atoms with Gasteiger partial charge in [-0.3, -0.25) is 4.79 Å². The first kappa shape index (κ1) is 15.9. The zero-order chi connectivity index (χ0) is 12.0. The molecular formula is C11H15Cl2NO3. The van der Waals surface area contributed by atoms with E-state index in [0.717, 1.165) is 0 Å². The van der Waals surface area contributed by atoms with Gasteiger partial charge in [-0.25, -0.2) is 0 Å². The molecule has 0 aliphatic heterocycles. The largest absolute Gasteiger partial charge is 0.494 e. The van der Waals surface area contributed by atoms with Crippen LogP contribution in [-0.4, -0.2) is 17.7 Å². The van der Waals surface area contributed by atoms with Gasteiger partial charge in [0.1, 0.15) is 5.75 Å². The van der Waals surface area contributed by atoms with E-state index in [1.807, 2.05) is 0 Å². The Kier molecular flexibility index (Phi) is 7.50. The third-order valence-corrected chi connectivity index (χ3v) is 2.37. The number of unbranched alkanes of at least 4 members (excludes halogenated alkanes) is 1. The van der Waals surface area contributed by atoms with Gasteiger partial charge in [-0.15, -0.1) is 12.4 Å². The first-order chi connectivity index (χ1) is 7.59. The fourth-order valence-corrected chi connectivity index (χ4v) is 1.30. The van der Waals surface area contributed by atoms with Crippen LogP contribution in [-0.2, 0) is 4.79 Å². The van der Waals surface area contributed by atoms with Gasteiger partial charge in [0.2, 0.25) is 0 Å². The number of nitrogen functional groups attached to an aromatic ring is 1. The topological polar surface area (TPSA) is 72.5 Å². The van der Waals surface area contributed by atoms with Crippen molar-refractivity contribution in [3.05, 3.63) is 23.2 Å². The zero-order valence-corrected chi connectivity index (χ0v) is 10.8. The van der Waals surface area contributed by atoms with Gasteiger partial charge in [0.05, 0.1) is 17.3 Å². The van der Waals surface area contributed by atoms with Gasteiger partial charge in [0.15, 0.2) is 0 Å². The van der Waals surface area contributed by atoms with Crippen molar-refractivity contribution in [2.45, 2.75) is 19.3 Å². The van der Waals surface area contributed by atoms with Crippen molar-refractivity contribution in [2.24, 2.45) is 0 Å². The van der Waals surface area contributed by atoms with E-state index in [9.17, 15) is 4.79 Å². The summed E-state index contributed by atoms with van der Waals surface area (Å²) < 4.78 is 5.39. The van der Waals surface area contributed by atoms with Gasteiger partial charge >= 0.3 is 5.97 Å². The average Bonchev–Trinajstić information content (AvgIpc) is 2.22. The maximum absolute atomic E-state index is 10.2. The van der Waals surface area contributed by atoms with Gasteiger partial charge < -0.3 is 15.6 Å². The minimum atomic E-state index is -0.782. The third kappa shape index (κ3) is 6.24. The van der Waals surface area contributed by atoms with E-state index in [1.54, 1.807) is 18.2 Å². The molecule has 17 heavy (non-hydrogen) atoms. The molecule has 0 saturated heterocycles. The Balaban J connectivity index is 0.00000256. The van der Waals surface area contributed by atoms with Gasteiger partial charge in [0, 0.05) is 12.5 Å². The minimum Gasteiger partial charge on any atom is -0.494 e. The first-order valence-corrected chi connectivity index (χ1v) is 5.37. The lowest BCUT2D eigenvalue weighted by Crippen LogP contribution is -2.00. The number of hydrogen-bond acceptors (Lipinski definition) is 3. The molecule has 3 N–H and O–H groups in total. The second-order valence-corrected chi connectivity index (χ2v) is 3.79. The first-order valence-electron chi connectivity index (χ1n) is 4.99. The molecule has 0 heterocycles. The summed E-state index contributed by atoms with van der Waals surface area (Å²) in [6, 6.07) is 5.05. The second-order valence-electron chi connectivity index (χ2n) is 3.38. The lowest BCUT2D eigenvalue weighted by Gasteiger charge is -2.06. The molecule has 0 aliphatic rings. The van der Waals surface area contributed by atoms with E-state index < -0.39 is 5.97 Å². The van der Waals surface area contributed by atoms with E-state index in [-0.39, 0.29) is 18.8 Å². The molecule has 0 aliphatic carbocycles. The summed E-state index contributed by atoms with van der Waals surface area (Å²) in [7, 11) is 0. The van der Waals surface area contributed by atoms with Crippen LogP contribution in [0, 0.1) is 0 Å². The van der Waals surface area contributed by atoms with Crippen molar-refractivity contribution in [3.8, 4) is 5.75 Å². The molecule has 0 fully saturated rings. The Hall–Kier alpha value is -1.13. The minimum absolute atomic E-state index is 0. The number of ether oxygens (including phenoxy) is 1. The van der Waals surface area contributed by atoms with Crippen LogP contribution in [0.25, 0.3) is 0 Å².